The van der Waals surface area contributed by atoms with E-state index in [-0.39, 0.29) is 11.4 Å². The molecule has 0 bridgehead atoms. The third-order valence-electron chi connectivity index (χ3n) is 3.81. The summed E-state index contributed by atoms with van der Waals surface area (Å²) in [5.41, 5.74) is 1.66. The zero-order chi connectivity index (χ0) is 14.4. The van der Waals surface area contributed by atoms with Crippen LogP contribution in [0.15, 0.2) is 65.7 Å². The highest BCUT2D eigenvalue weighted by molar-refractivity contribution is 5.73. The van der Waals surface area contributed by atoms with Gasteiger partial charge in [0.05, 0.1) is 23.0 Å². The molecule has 0 saturated carbocycles. The number of hydrogen-bond acceptors (Lipinski definition) is 2. The first kappa shape index (κ1) is 11.9. The van der Waals surface area contributed by atoms with Crippen LogP contribution in [0.4, 0.5) is 0 Å². The molecular weight excluding hydrogens is 264 g/mol. The van der Waals surface area contributed by atoms with Crippen molar-refractivity contribution < 1.29 is 9.51 Å². The van der Waals surface area contributed by atoms with Crippen LogP contribution < -0.4 is 15.1 Å². The topological polar surface area (TPSA) is 48.6 Å². The molecule has 0 atom stereocenters. The molecule has 0 saturated heterocycles. The van der Waals surface area contributed by atoms with Gasteiger partial charge in [0.1, 0.15) is 6.20 Å². The van der Waals surface area contributed by atoms with Crippen molar-refractivity contribution in [3.05, 3.63) is 82.4 Å². The van der Waals surface area contributed by atoms with Gasteiger partial charge in [-0.2, -0.15) is 4.40 Å². The maximum atomic E-state index is 12.6. The Morgan fingerprint density at radius 1 is 1.05 bits per heavy atom. The smallest absolute Gasteiger partial charge is 0.345 e. The highest BCUT2D eigenvalue weighted by Crippen LogP contribution is 2.16. The predicted octanol–water partition coefficient (Wildman–Crippen LogP) is 1.14. The fraction of sp³-hybridized carbons (Fsp3) is 0.0588. The van der Waals surface area contributed by atoms with Crippen LogP contribution in [0.25, 0.3) is 11.0 Å². The average molecular weight is 276 g/mol. The molecule has 4 nitrogen and oxygen atoms in total. The zero-order valence-corrected chi connectivity index (χ0v) is 11.2. The molecule has 0 unspecified atom stereocenters. The molecule has 4 rings (SSSR count). The van der Waals surface area contributed by atoms with E-state index in [1.54, 1.807) is 21.2 Å². The Balaban J connectivity index is 2.03. The first-order chi connectivity index (χ1) is 10.3. The standard InChI is InChI=1S/C17H12N2O2/c20-16-14(11-12-5-2-1-3-6-12)17(21)19-10-8-13-7-4-9-18(16)15(13)19/h1-10H,11H2. The second-order valence-electron chi connectivity index (χ2n) is 5.09. The van der Waals surface area contributed by atoms with Gasteiger partial charge in [-0.1, -0.05) is 30.3 Å². The lowest BCUT2D eigenvalue weighted by atomic mass is 10.1. The Bertz CT molecular complexity index is 990. The van der Waals surface area contributed by atoms with Gasteiger partial charge in [-0.05, 0) is 23.8 Å². The Morgan fingerprint density at radius 2 is 1.86 bits per heavy atom. The van der Waals surface area contributed by atoms with Gasteiger partial charge in [0, 0.05) is 6.42 Å². The van der Waals surface area contributed by atoms with E-state index in [0.29, 0.717) is 17.6 Å². The molecule has 3 aromatic heterocycles. The van der Waals surface area contributed by atoms with Crippen LogP contribution in [0.3, 0.4) is 0 Å². The second kappa shape index (κ2) is 4.31. The third kappa shape index (κ3) is 1.69. The lowest BCUT2D eigenvalue weighted by Crippen LogP contribution is -2.36. The molecule has 0 amide bonds. The molecule has 0 aliphatic rings. The van der Waals surface area contributed by atoms with Gasteiger partial charge < -0.3 is 5.11 Å². The zero-order valence-electron chi connectivity index (χ0n) is 11.2. The summed E-state index contributed by atoms with van der Waals surface area (Å²) >= 11 is 0. The Labute approximate surface area is 120 Å². The summed E-state index contributed by atoms with van der Waals surface area (Å²) in [4.78, 5) is 12.6. The van der Waals surface area contributed by atoms with Crippen molar-refractivity contribution in [3.8, 4) is 5.88 Å². The average Bonchev–Trinajstić information content (AvgIpc) is 2.95. The van der Waals surface area contributed by atoms with Gasteiger partial charge in [0.25, 0.3) is 0 Å². The molecule has 0 radical (unpaired) electrons. The molecular formula is C17H12N2O2. The van der Waals surface area contributed by atoms with E-state index < -0.39 is 0 Å². The van der Waals surface area contributed by atoms with Crippen molar-refractivity contribution in [1.82, 2.24) is 4.40 Å². The van der Waals surface area contributed by atoms with E-state index in [9.17, 15) is 9.90 Å². The number of pyridine rings is 1. The van der Waals surface area contributed by atoms with Crippen LogP contribution in [-0.4, -0.2) is 4.40 Å². The lowest BCUT2D eigenvalue weighted by molar-refractivity contribution is -0.587. The fourth-order valence-electron chi connectivity index (χ4n) is 2.79. The summed E-state index contributed by atoms with van der Waals surface area (Å²) in [6, 6.07) is 15.1. The van der Waals surface area contributed by atoms with Crippen molar-refractivity contribution in [2.24, 2.45) is 0 Å². The first-order valence-electron chi connectivity index (χ1n) is 6.76. The minimum Gasteiger partial charge on any atom is -0.842 e. The summed E-state index contributed by atoms with van der Waals surface area (Å²) in [5.74, 6) is -0.236. The summed E-state index contributed by atoms with van der Waals surface area (Å²) < 4.78 is 3.10. The Hall–Kier alpha value is -2.88. The van der Waals surface area contributed by atoms with Crippen molar-refractivity contribution in [1.29, 1.82) is 0 Å². The van der Waals surface area contributed by atoms with Gasteiger partial charge >= 0.3 is 11.2 Å². The number of benzene rings is 1. The van der Waals surface area contributed by atoms with Crippen molar-refractivity contribution >= 4 is 11.0 Å². The normalized spacial score (nSPS) is 11.4. The summed E-state index contributed by atoms with van der Waals surface area (Å²) in [6.45, 7) is 0. The molecule has 102 valence electrons. The molecule has 3 heterocycles. The van der Waals surface area contributed by atoms with E-state index in [0.717, 1.165) is 10.9 Å². The molecule has 1 aromatic carbocycles. The molecule has 0 aliphatic heterocycles. The van der Waals surface area contributed by atoms with Crippen LogP contribution in [0.2, 0.25) is 0 Å². The minimum absolute atomic E-state index is 0.231. The molecule has 4 aromatic rings. The first-order valence-corrected chi connectivity index (χ1v) is 6.76. The van der Waals surface area contributed by atoms with Gasteiger partial charge in [-0.25, -0.2) is 9.20 Å². The van der Waals surface area contributed by atoms with E-state index in [2.05, 4.69) is 0 Å². The SMILES string of the molecule is O=c1c(Cc2ccccc2)c([O-])[n+]2cccc3ccn1c32. The van der Waals surface area contributed by atoms with Crippen molar-refractivity contribution in [3.63, 3.8) is 0 Å². The van der Waals surface area contributed by atoms with Crippen molar-refractivity contribution in [2.75, 3.05) is 0 Å². The summed E-state index contributed by atoms with van der Waals surface area (Å²) in [6.07, 6.45) is 3.78. The Kier molecular flexibility index (Phi) is 2.44. The monoisotopic (exact) mass is 276 g/mol. The number of hydrogen-bond donors (Lipinski definition) is 0. The van der Waals surface area contributed by atoms with Crippen LogP contribution in [0.5, 0.6) is 5.88 Å². The van der Waals surface area contributed by atoms with Gasteiger partial charge in [0.2, 0.25) is 0 Å². The van der Waals surface area contributed by atoms with Crippen molar-refractivity contribution in [2.45, 2.75) is 6.42 Å². The van der Waals surface area contributed by atoms with E-state index >= 15 is 0 Å². The molecule has 21 heavy (non-hydrogen) atoms. The van der Waals surface area contributed by atoms with Crippen LogP contribution >= 0.6 is 0 Å². The lowest BCUT2D eigenvalue weighted by Gasteiger charge is -2.11. The second-order valence-corrected chi connectivity index (χ2v) is 5.09. The number of rotatable bonds is 2. The maximum absolute atomic E-state index is 12.6. The Morgan fingerprint density at radius 3 is 2.67 bits per heavy atom. The predicted molar refractivity (Wildman–Crippen MR) is 76.7 cm³/mol. The van der Waals surface area contributed by atoms with Crippen LogP contribution in [0.1, 0.15) is 11.1 Å². The number of nitrogens with zero attached hydrogens (tertiary/aromatic N) is 2. The highest BCUT2D eigenvalue weighted by atomic mass is 16.3. The fourth-order valence-corrected chi connectivity index (χ4v) is 2.79. The van der Waals surface area contributed by atoms with Gasteiger partial charge in [-0.3, -0.25) is 0 Å². The molecule has 0 spiro atoms. The maximum Gasteiger partial charge on any atom is 0.345 e. The van der Waals surface area contributed by atoms with E-state index in [1.807, 2.05) is 48.5 Å². The van der Waals surface area contributed by atoms with Crippen LogP contribution in [-0.2, 0) is 6.42 Å². The van der Waals surface area contributed by atoms with Crippen LogP contribution in [0, 0.1) is 0 Å². The molecule has 0 N–H and O–H groups in total. The number of aromatic nitrogens is 2. The summed E-state index contributed by atoms with van der Waals surface area (Å²) in [5, 5.41) is 13.5. The molecule has 4 heteroatoms. The summed E-state index contributed by atoms with van der Waals surface area (Å²) in [7, 11) is 0. The van der Waals surface area contributed by atoms with E-state index in [4.69, 9.17) is 0 Å². The molecule has 0 aliphatic carbocycles. The quantitative estimate of drug-likeness (QED) is 0.515. The van der Waals surface area contributed by atoms with E-state index in [1.165, 1.54) is 0 Å². The largest absolute Gasteiger partial charge is 0.842 e. The molecule has 0 fully saturated rings. The minimum atomic E-state index is -0.236. The third-order valence-corrected chi connectivity index (χ3v) is 3.81. The van der Waals surface area contributed by atoms with Gasteiger partial charge in [0.15, 0.2) is 0 Å². The highest BCUT2D eigenvalue weighted by Gasteiger charge is 2.19. The van der Waals surface area contributed by atoms with Gasteiger partial charge in [-0.15, -0.1) is 0 Å².